The van der Waals surface area contributed by atoms with Crippen LogP contribution in [-0.4, -0.2) is 57.4 Å². The summed E-state index contributed by atoms with van der Waals surface area (Å²) in [5.41, 5.74) is -2.36. The van der Waals surface area contributed by atoms with Crippen LogP contribution in [0.15, 0.2) is 35.4 Å². The molecular weight excluding hydrogens is 597 g/mol. The van der Waals surface area contributed by atoms with Crippen LogP contribution >= 0.6 is 0 Å². The Morgan fingerprint density at radius 2 is 1.78 bits per heavy atom. The molecule has 1 aliphatic carbocycles. The van der Waals surface area contributed by atoms with E-state index in [4.69, 9.17) is 0 Å². The summed E-state index contributed by atoms with van der Waals surface area (Å²) in [4.78, 5) is 36.5. The highest BCUT2D eigenvalue weighted by atomic mass is 19.3. The third-order valence-electron chi connectivity index (χ3n) is 9.24. The minimum Gasteiger partial charge on any atom is -0.363 e. The molecule has 238 valence electrons. The lowest BCUT2D eigenvalue weighted by atomic mass is 9.85. The van der Waals surface area contributed by atoms with E-state index in [1.807, 2.05) is 0 Å². The first kappa shape index (κ1) is 30.9. The Hall–Kier alpha value is -4.12. The number of halogens is 5. The monoisotopic (exact) mass is 629 g/mol. The van der Waals surface area contributed by atoms with E-state index in [1.165, 1.54) is 23.1 Å². The van der Waals surface area contributed by atoms with Crippen LogP contribution in [0.25, 0.3) is 11.0 Å². The Bertz CT molecular complexity index is 1740. The molecule has 1 aromatic carbocycles. The first-order valence-corrected chi connectivity index (χ1v) is 15.0. The van der Waals surface area contributed by atoms with Crippen LogP contribution in [0.2, 0.25) is 0 Å². The average molecular weight is 630 g/mol. The Morgan fingerprint density at radius 1 is 1.04 bits per heavy atom. The largest absolute Gasteiger partial charge is 0.363 e. The topological polar surface area (TPSA) is 116 Å². The quantitative estimate of drug-likeness (QED) is 0.378. The maximum atomic E-state index is 15.9. The minimum atomic E-state index is -3.54. The highest BCUT2D eigenvalue weighted by Gasteiger charge is 2.48. The molecule has 14 heteroatoms. The summed E-state index contributed by atoms with van der Waals surface area (Å²) in [6.07, 6.45) is 1.09. The Kier molecular flexibility index (Phi) is 7.79. The molecule has 0 radical (unpaired) electrons. The number of nitrogens with zero attached hydrogens (tertiary/aromatic N) is 5. The van der Waals surface area contributed by atoms with Crippen molar-refractivity contribution < 1.29 is 26.7 Å². The number of anilines is 1. The molecule has 3 aromatic rings. The van der Waals surface area contributed by atoms with Crippen molar-refractivity contribution in [2.45, 2.75) is 68.9 Å². The molecule has 45 heavy (non-hydrogen) atoms. The van der Waals surface area contributed by atoms with Crippen LogP contribution in [0.3, 0.4) is 0 Å². The number of piperidine rings is 1. The first-order valence-electron chi connectivity index (χ1n) is 15.0. The molecule has 7 rings (SSSR count). The fourth-order valence-electron chi connectivity index (χ4n) is 6.44. The number of amides is 1. The summed E-state index contributed by atoms with van der Waals surface area (Å²) in [5.74, 6) is -9.66. The predicted octanol–water partition coefficient (Wildman–Crippen LogP) is 4.62. The lowest BCUT2D eigenvalue weighted by Crippen LogP contribution is -2.45. The van der Waals surface area contributed by atoms with E-state index in [-0.39, 0.29) is 60.5 Å². The zero-order valence-corrected chi connectivity index (χ0v) is 24.6. The average Bonchev–Trinajstić information content (AvgIpc) is 3.79. The molecule has 1 saturated carbocycles. The normalized spacial score (nSPS) is 25.9. The standard InChI is InChI=1S/C31H32F5N7O2/c1-18-20-3-2-4-22(25(20)32)31(35,36)19-5-11-42(12-6-19)16-30(33,34)9-10-38-24(44)14-43-27-21(26(41-18)39-17-40-27)13-23(28(43)45)29(15-37)7-8-29/h2-4,13,17-19H,5-12,14,16H2,1H3,(H,38,44)(H,39,40,41)/t18-/m1/s1. The lowest BCUT2D eigenvalue weighted by molar-refractivity contribution is -0.122. The summed E-state index contributed by atoms with van der Waals surface area (Å²) in [7, 11) is 0. The number of nitrogens with one attached hydrogen (secondary N) is 2. The number of nitriles is 1. The van der Waals surface area contributed by atoms with Crippen molar-refractivity contribution in [3.63, 3.8) is 0 Å². The second-order valence-corrected chi connectivity index (χ2v) is 12.3. The molecule has 8 bridgehead atoms. The van der Waals surface area contributed by atoms with Gasteiger partial charge < -0.3 is 10.6 Å². The molecule has 4 aliphatic rings. The lowest BCUT2D eigenvalue weighted by Gasteiger charge is -2.37. The maximum Gasteiger partial charge on any atom is 0.278 e. The van der Waals surface area contributed by atoms with Crippen LogP contribution in [0.4, 0.5) is 27.8 Å². The van der Waals surface area contributed by atoms with Gasteiger partial charge in [-0.2, -0.15) is 5.26 Å². The van der Waals surface area contributed by atoms with Gasteiger partial charge >= 0.3 is 0 Å². The predicted molar refractivity (Wildman–Crippen MR) is 154 cm³/mol. The van der Waals surface area contributed by atoms with E-state index in [0.717, 1.165) is 17.0 Å². The molecule has 0 spiro atoms. The van der Waals surface area contributed by atoms with Crippen molar-refractivity contribution in [2.75, 3.05) is 31.5 Å². The van der Waals surface area contributed by atoms with Gasteiger partial charge in [0, 0.05) is 30.0 Å². The van der Waals surface area contributed by atoms with Gasteiger partial charge in [-0.15, -0.1) is 0 Å². The van der Waals surface area contributed by atoms with Crippen molar-refractivity contribution in [3.05, 3.63) is 63.5 Å². The number of carbonyl (C=O) groups is 1. The number of rotatable bonds is 1. The van der Waals surface area contributed by atoms with Gasteiger partial charge in [-0.05, 0) is 51.8 Å². The second-order valence-electron chi connectivity index (χ2n) is 12.3. The third kappa shape index (κ3) is 5.74. The minimum absolute atomic E-state index is 0.00485. The molecule has 9 nitrogen and oxygen atoms in total. The van der Waals surface area contributed by atoms with E-state index in [2.05, 4.69) is 26.7 Å². The molecule has 1 amide bonds. The second kappa shape index (κ2) is 11.3. The molecule has 2 aromatic heterocycles. The summed E-state index contributed by atoms with van der Waals surface area (Å²) in [6.45, 7) is -0.0461. The van der Waals surface area contributed by atoms with Crippen molar-refractivity contribution in [3.8, 4) is 6.07 Å². The molecule has 1 saturated heterocycles. The van der Waals surface area contributed by atoms with Gasteiger partial charge in [-0.1, -0.05) is 18.2 Å². The number of hydrogen-bond donors (Lipinski definition) is 2. The molecule has 1 atom stereocenters. The smallest absolute Gasteiger partial charge is 0.278 e. The van der Waals surface area contributed by atoms with Gasteiger partial charge in [0.2, 0.25) is 5.91 Å². The van der Waals surface area contributed by atoms with Gasteiger partial charge in [0.25, 0.3) is 17.4 Å². The Balaban J connectivity index is 1.46. The molecule has 2 fully saturated rings. The molecular formula is C31H32F5N7O2. The number of pyridine rings is 1. The van der Waals surface area contributed by atoms with E-state index < -0.39 is 71.6 Å². The number of benzene rings is 1. The third-order valence-corrected chi connectivity index (χ3v) is 9.24. The zero-order chi connectivity index (χ0) is 32.1. The van der Waals surface area contributed by atoms with Crippen LogP contribution in [-0.2, 0) is 22.7 Å². The van der Waals surface area contributed by atoms with E-state index in [1.54, 1.807) is 6.92 Å². The fourth-order valence-corrected chi connectivity index (χ4v) is 6.44. The van der Waals surface area contributed by atoms with E-state index in [9.17, 15) is 23.6 Å². The molecule has 0 unspecified atom stereocenters. The number of fused-ring (bicyclic) bond motifs is 9. The van der Waals surface area contributed by atoms with E-state index >= 15 is 13.2 Å². The Labute approximate surface area is 255 Å². The number of aromatic nitrogens is 3. The fraction of sp³-hybridized carbons (Fsp3) is 0.516. The molecule has 3 aliphatic heterocycles. The van der Waals surface area contributed by atoms with Crippen molar-refractivity contribution in [2.24, 2.45) is 5.92 Å². The summed E-state index contributed by atoms with van der Waals surface area (Å²) in [5, 5.41) is 15.6. The van der Waals surface area contributed by atoms with Crippen LogP contribution in [0, 0.1) is 23.1 Å². The van der Waals surface area contributed by atoms with Crippen LogP contribution in [0.5, 0.6) is 0 Å². The zero-order valence-electron chi connectivity index (χ0n) is 24.6. The summed E-state index contributed by atoms with van der Waals surface area (Å²) in [6, 6.07) is 6.55. The van der Waals surface area contributed by atoms with Crippen LogP contribution < -0.4 is 16.2 Å². The van der Waals surface area contributed by atoms with Crippen LogP contribution in [0.1, 0.15) is 61.8 Å². The van der Waals surface area contributed by atoms with Gasteiger partial charge in [0.05, 0.1) is 35.0 Å². The van der Waals surface area contributed by atoms with Gasteiger partial charge in [0.1, 0.15) is 30.2 Å². The highest BCUT2D eigenvalue weighted by molar-refractivity contribution is 5.89. The van der Waals surface area contributed by atoms with E-state index in [0.29, 0.717) is 12.8 Å². The number of alkyl halides is 4. The van der Waals surface area contributed by atoms with Gasteiger partial charge in [0.15, 0.2) is 0 Å². The summed E-state index contributed by atoms with van der Waals surface area (Å²) < 4.78 is 78.3. The van der Waals surface area contributed by atoms with Crippen molar-refractivity contribution in [1.29, 1.82) is 5.26 Å². The Morgan fingerprint density at radius 3 is 2.47 bits per heavy atom. The molecule has 2 N–H and O–H groups in total. The highest BCUT2D eigenvalue weighted by Crippen LogP contribution is 2.47. The SMILES string of the molecule is C[C@H]1Nc2ncnc3c2cc(C2(C#N)CC2)c(=O)n3CC(=O)NCCC(F)(F)CN2CCC(CC2)C(F)(F)c2cccc1c2F. The summed E-state index contributed by atoms with van der Waals surface area (Å²) >= 11 is 0. The van der Waals surface area contributed by atoms with Crippen molar-refractivity contribution in [1.82, 2.24) is 24.8 Å². The van der Waals surface area contributed by atoms with Gasteiger partial charge in [-0.25, -0.2) is 31.9 Å². The molecule has 5 heterocycles. The maximum absolute atomic E-state index is 15.9. The van der Waals surface area contributed by atoms with Crippen molar-refractivity contribution >= 4 is 22.8 Å². The first-order chi connectivity index (χ1) is 21.3. The number of hydrogen-bond acceptors (Lipinski definition) is 7. The number of carbonyl (C=O) groups excluding carboxylic acids is 1. The van der Waals surface area contributed by atoms with Gasteiger partial charge in [-0.3, -0.25) is 19.1 Å².